The lowest BCUT2D eigenvalue weighted by molar-refractivity contribution is 0.825. The largest absolute Gasteiger partial charge is 0.340 e. The van der Waals surface area contributed by atoms with Crippen molar-refractivity contribution in [2.75, 3.05) is 0 Å². The minimum atomic E-state index is 0.624. The third-order valence-electron chi connectivity index (χ3n) is 2.26. The van der Waals surface area contributed by atoms with Crippen LogP contribution >= 0.6 is 12.2 Å². The van der Waals surface area contributed by atoms with E-state index in [4.69, 9.17) is 12.2 Å². The molecule has 0 saturated carbocycles. The average Bonchev–Trinajstić information content (AvgIpc) is 2.84. The summed E-state index contributed by atoms with van der Waals surface area (Å²) in [4.78, 5) is 15.3. The Kier molecular flexibility index (Phi) is 1.87. The quantitative estimate of drug-likeness (QED) is 0.623. The van der Waals surface area contributed by atoms with E-state index in [2.05, 4.69) is 25.0 Å². The molecular weight excluding hydrogens is 224 g/mol. The lowest BCUT2D eigenvalue weighted by Crippen LogP contribution is -2.01. The van der Waals surface area contributed by atoms with Gasteiger partial charge < -0.3 is 4.98 Å². The molecule has 0 fully saturated rings. The summed E-state index contributed by atoms with van der Waals surface area (Å²) in [5, 5.41) is 3.12. The number of aromatic amines is 2. The SMILES string of the molecule is Cc1cc(=S)n(-c2ncnc3nc[nH]c23)[nH]1. The molecule has 0 atom stereocenters. The van der Waals surface area contributed by atoms with Gasteiger partial charge in [0.25, 0.3) is 0 Å². The summed E-state index contributed by atoms with van der Waals surface area (Å²) in [7, 11) is 0. The zero-order chi connectivity index (χ0) is 11.1. The molecule has 0 aliphatic heterocycles. The van der Waals surface area contributed by atoms with E-state index in [1.807, 2.05) is 13.0 Å². The normalized spacial score (nSPS) is 11.1. The molecule has 3 heterocycles. The minimum Gasteiger partial charge on any atom is -0.340 e. The number of aromatic nitrogens is 6. The summed E-state index contributed by atoms with van der Waals surface area (Å²) in [6, 6.07) is 1.87. The number of imidazole rings is 1. The zero-order valence-corrected chi connectivity index (χ0v) is 9.25. The second kappa shape index (κ2) is 3.24. The molecule has 7 heteroatoms. The highest BCUT2D eigenvalue weighted by atomic mass is 32.1. The fourth-order valence-corrected chi connectivity index (χ4v) is 1.90. The van der Waals surface area contributed by atoms with Crippen molar-refractivity contribution in [3.05, 3.63) is 29.1 Å². The van der Waals surface area contributed by atoms with Gasteiger partial charge in [-0.05, 0) is 13.0 Å². The monoisotopic (exact) mass is 232 g/mol. The van der Waals surface area contributed by atoms with Gasteiger partial charge in [0.15, 0.2) is 11.5 Å². The molecule has 3 rings (SSSR count). The Morgan fingerprint density at radius 1 is 1.31 bits per heavy atom. The number of fused-ring (bicyclic) bond motifs is 1. The molecule has 0 aromatic carbocycles. The van der Waals surface area contributed by atoms with Crippen LogP contribution in [0.15, 0.2) is 18.7 Å². The van der Waals surface area contributed by atoms with E-state index in [0.717, 1.165) is 11.2 Å². The Morgan fingerprint density at radius 3 is 2.94 bits per heavy atom. The van der Waals surface area contributed by atoms with Crippen molar-refractivity contribution in [3.63, 3.8) is 0 Å². The number of aryl methyl sites for hydroxylation is 1. The Hall–Kier alpha value is -2.02. The maximum absolute atomic E-state index is 5.23. The van der Waals surface area contributed by atoms with Crippen LogP contribution in [0.2, 0.25) is 0 Å². The van der Waals surface area contributed by atoms with Crippen LogP contribution in [0, 0.1) is 11.6 Å². The van der Waals surface area contributed by atoms with Gasteiger partial charge in [0.1, 0.15) is 16.5 Å². The molecule has 0 aliphatic carbocycles. The molecule has 0 bridgehead atoms. The van der Waals surface area contributed by atoms with Crippen molar-refractivity contribution in [2.45, 2.75) is 6.92 Å². The lowest BCUT2D eigenvalue weighted by atomic mass is 10.5. The van der Waals surface area contributed by atoms with Crippen LogP contribution in [0.25, 0.3) is 17.0 Å². The first-order valence-corrected chi connectivity index (χ1v) is 5.09. The van der Waals surface area contributed by atoms with Crippen molar-refractivity contribution >= 4 is 23.4 Å². The summed E-state index contributed by atoms with van der Waals surface area (Å²) >= 11 is 5.23. The van der Waals surface area contributed by atoms with Crippen LogP contribution in [0.3, 0.4) is 0 Å². The van der Waals surface area contributed by atoms with Crippen molar-refractivity contribution in [1.82, 2.24) is 29.7 Å². The number of hydrogen-bond donors (Lipinski definition) is 2. The third kappa shape index (κ3) is 1.25. The molecule has 0 saturated heterocycles. The number of rotatable bonds is 1. The molecule has 6 nitrogen and oxygen atoms in total. The van der Waals surface area contributed by atoms with E-state index in [1.165, 1.54) is 6.33 Å². The van der Waals surface area contributed by atoms with Crippen LogP contribution < -0.4 is 0 Å². The van der Waals surface area contributed by atoms with Crippen LogP contribution in [0.4, 0.5) is 0 Å². The van der Waals surface area contributed by atoms with E-state index in [-0.39, 0.29) is 0 Å². The lowest BCUT2D eigenvalue weighted by Gasteiger charge is -2.01. The van der Waals surface area contributed by atoms with Gasteiger partial charge in [-0.3, -0.25) is 5.10 Å². The molecule has 0 radical (unpaired) electrons. The Morgan fingerprint density at radius 2 is 2.19 bits per heavy atom. The highest BCUT2D eigenvalue weighted by molar-refractivity contribution is 7.71. The molecule has 3 aromatic rings. The first-order chi connectivity index (χ1) is 7.75. The van der Waals surface area contributed by atoms with Crippen LogP contribution in [-0.4, -0.2) is 29.7 Å². The van der Waals surface area contributed by atoms with Gasteiger partial charge >= 0.3 is 0 Å². The van der Waals surface area contributed by atoms with Gasteiger partial charge in [-0.1, -0.05) is 12.2 Å². The summed E-state index contributed by atoms with van der Waals surface area (Å²) in [6.45, 7) is 1.94. The number of H-pyrrole nitrogens is 2. The smallest absolute Gasteiger partial charge is 0.182 e. The third-order valence-corrected chi connectivity index (χ3v) is 2.56. The standard InChI is InChI=1S/C9H8N6S/c1-5-2-6(16)15(14-5)9-7-8(11-3-10-7)12-4-13-9/h2-4,14H,1H3,(H,10,11,12,13). The predicted molar refractivity (Wildman–Crippen MR) is 60.9 cm³/mol. The Bertz CT molecular complexity index is 706. The summed E-state index contributed by atoms with van der Waals surface area (Å²) in [5.41, 5.74) is 2.37. The maximum atomic E-state index is 5.23. The van der Waals surface area contributed by atoms with E-state index in [1.54, 1.807) is 11.0 Å². The van der Waals surface area contributed by atoms with Crippen molar-refractivity contribution < 1.29 is 0 Å². The zero-order valence-electron chi connectivity index (χ0n) is 8.43. The fraction of sp³-hybridized carbons (Fsp3) is 0.111. The molecule has 0 aliphatic rings. The molecule has 0 spiro atoms. The number of nitrogens with one attached hydrogen (secondary N) is 2. The fourth-order valence-electron chi connectivity index (χ4n) is 1.59. The summed E-state index contributed by atoms with van der Waals surface area (Å²) in [6.07, 6.45) is 3.05. The van der Waals surface area contributed by atoms with Crippen molar-refractivity contribution in [3.8, 4) is 5.82 Å². The molecule has 80 valence electrons. The molecule has 3 aromatic heterocycles. The maximum Gasteiger partial charge on any atom is 0.182 e. The first-order valence-electron chi connectivity index (χ1n) is 4.69. The van der Waals surface area contributed by atoms with E-state index < -0.39 is 0 Å². The van der Waals surface area contributed by atoms with E-state index >= 15 is 0 Å². The highest BCUT2D eigenvalue weighted by Crippen LogP contribution is 2.14. The van der Waals surface area contributed by atoms with Crippen molar-refractivity contribution in [2.24, 2.45) is 0 Å². The van der Waals surface area contributed by atoms with Gasteiger partial charge in [-0.25, -0.2) is 19.6 Å². The first kappa shape index (κ1) is 9.22. The van der Waals surface area contributed by atoms with Gasteiger partial charge in [-0.2, -0.15) is 0 Å². The Labute approximate surface area is 95.4 Å². The molecule has 0 unspecified atom stereocenters. The van der Waals surface area contributed by atoms with Gasteiger partial charge in [-0.15, -0.1) is 0 Å². The minimum absolute atomic E-state index is 0.624. The number of hydrogen-bond acceptors (Lipinski definition) is 4. The molecular formula is C9H8N6S. The van der Waals surface area contributed by atoms with Crippen LogP contribution in [0.5, 0.6) is 0 Å². The van der Waals surface area contributed by atoms with Crippen LogP contribution in [-0.2, 0) is 0 Å². The highest BCUT2D eigenvalue weighted by Gasteiger charge is 2.08. The van der Waals surface area contributed by atoms with Crippen LogP contribution in [0.1, 0.15) is 5.69 Å². The van der Waals surface area contributed by atoms with Crippen molar-refractivity contribution in [1.29, 1.82) is 0 Å². The Balaban J connectivity index is 2.37. The van der Waals surface area contributed by atoms with E-state index in [0.29, 0.717) is 16.1 Å². The topological polar surface area (TPSA) is 75.2 Å². The van der Waals surface area contributed by atoms with Gasteiger partial charge in [0.05, 0.1) is 6.33 Å². The predicted octanol–water partition coefficient (Wildman–Crippen LogP) is 1.51. The van der Waals surface area contributed by atoms with E-state index in [9.17, 15) is 0 Å². The molecule has 2 N–H and O–H groups in total. The summed E-state index contributed by atoms with van der Waals surface area (Å²) < 4.78 is 2.40. The van der Waals surface area contributed by atoms with Gasteiger partial charge in [0.2, 0.25) is 0 Å². The second-order valence-corrected chi connectivity index (χ2v) is 3.83. The molecule has 0 amide bonds. The second-order valence-electron chi connectivity index (χ2n) is 3.41. The molecule has 16 heavy (non-hydrogen) atoms. The summed E-state index contributed by atoms with van der Waals surface area (Å²) in [5.74, 6) is 0.681. The average molecular weight is 232 g/mol. The number of nitrogens with zero attached hydrogens (tertiary/aromatic N) is 4. The van der Waals surface area contributed by atoms with Gasteiger partial charge in [0, 0.05) is 5.69 Å².